The molecule has 3 unspecified atom stereocenters. The Balaban J connectivity index is 1.38. The zero-order valence-electron chi connectivity index (χ0n) is 18.4. The van der Waals surface area contributed by atoms with Crippen molar-refractivity contribution in [2.75, 3.05) is 39.5 Å². The van der Waals surface area contributed by atoms with E-state index in [0.29, 0.717) is 24.4 Å². The second-order valence-electron chi connectivity index (χ2n) is 10.6. The maximum atomic E-state index is 6.81. The van der Waals surface area contributed by atoms with Gasteiger partial charge in [-0.05, 0) is 76.7 Å². The number of ether oxygens (including phenoxy) is 3. The van der Waals surface area contributed by atoms with Crippen LogP contribution < -0.4 is 5.32 Å². The molecule has 0 aromatic rings. The number of hydrogen-bond donors (Lipinski definition) is 1. The summed E-state index contributed by atoms with van der Waals surface area (Å²) in [4.78, 5) is 2.68. The predicted octanol–water partition coefficient (Wildman–Crippen LogP) is 3.36. The zero-order chi connectivity index (χ0) is 19.7. The summed E-state index contributed by atoms with van der Waals surface area (Å²) in [6.45, 7) is 7.96. The molecule has 5 heteroatoms. The molecule has 0 aromatic carbocycles. The van der Waals surface area contributed by atoms with Crippen molar-refractivity contribution < 1.29 is 14.2 Å². The van der Waals surface area contributed by atoms with Gasteiger partial charge in [0.15, 0.2) is 0 Å². The van der Waals surface area contributed by atoms with Gasteiger partial charge in [-0.25, -0.2) is 0 Å². The fourth-order valence-electron chi connectivity index (χ4n) is 7.22. The summed E-state index contributed by atoms with van der Waals surface area (Å²) in [5, 5.41) is 3.87. The molecule has 5 nitrogen and oxygen atoms in total. The first-order valence-electron chi connectivity index (χ1n) is 12.6. The van der Waals surface area contributed by atoms with Crippen LogP contribution in [-0.4, -0.2) is 74.2 Å². The molecular weight excluding hydrogens is 364 g/mol. The topological polar surface area (TPSA) is 43.0 Å². The highest BCUT2D eigenvalue weighted by molar-refractivity contribution is 5.05. The van der Waals surface area contributed by atoms with E-state index in [2.05, 4.69) is 17.1 Å². The molecule has 2 saturated carbocycles. The third kappa shape index (κ3) is 4.41. The fourth-order valence-corrected chi connectivity index (χ4v) is 7.22. The molecule has 0 amide bonds. The molecule has 4 heterocycles. The van der Waals surface area contributed by atoms with Crippen molar-refractivity contribution in [2.45, 2.75) is 101 Å². The van der Waals surface area contributed by atoms with Crippen molar-refractivity contribution in [3.8, 4) is 0 Å². The van der Waals surface area contributed by atoms with Gasteiger partial charge in [0.1, 0.15) is 0 Å². The molecular formula is C24H42N2O3. The molecule has 1 spiro atoms. The van der Waals surface area contributed by atoms with Gasteiger partial charge in [0.05, 0.1) is 49.7 Å². The molecule has 6 aliphatic rings. The Labute approximate surface area is 177 Å². The average Bonchev–Trinajstić information content (AvgIpc) is 2.76. The van der Waals surface area contributed by atoms with Gasteiger partial charge < -0.3 is 19.5 Å². The number of fused-ring (bicyclic) bond motifs is 5. The summed E-state index contributed by atoms with van der Waals surface area (Å²) < 4.78 is 19.4. The predicted molar refractivity (Wildman–Crippen MR) is 114 cm³/mol. The van der Waals surface area contributed by atoms with Gasteiger partial charge in [0, 0.05) is 13.1 Å². The minimum atomic E-state index is 0.0565. The van der Waals surface area contributed by atoms with Crippen molar-refractivity contribution in [3.05, 3.63) is 0 Å². The SMILES string of the molecule is CC1CN2CCC[C@]3(COCCN3)[C@H]2COC2CCC(CC2)C2CCCCC2O1. The highest BCUT2D eigenvalue weighted by atomic mass is 16.5. The van der Waals surface area contributed by atoms with E-state index in [0.717, 1.165) is 51.3 Å². The Hall–Kier alpha value is -0.200. The van der Waals surface area contributed by atoms with Gasteiger partial charge in [0.2, 0.25) is 0 Å². The Morgan fingerprint density at radius 3 is 2.69 bits per heavy atom. The highest BCUT2D eigenvalue weighted by Crippen LogP contribution is 2.41. The molecule has 2 bridgehead atoms. The van der Waals surface area contributed by atoms with Crippen LogP contribution in [0.3, 0.4) is 0 Å². The minimum absolute atomic E-state index is 0.0565. The summed E-state index contributed by atoms with van der Waals surface area (Å²) in [6.07, 6.45) is 14.2. The lowest BCUT2D eigenvalue weighted by Crippen LogP contribution is -2.70. The van der Waals surface area contributed by atoms with Crippen molar-refractivity contribution in [1.29, 1.82) is 0 Å². The first kappa shape index (κ1) is 20.7. The fraction of sp³-hybridized carbons (Fsp3) is 1.00. The van der Waals surface area contributed by atoms with Gasteiger partial charge in [-0.3, -0.25) is 4.90 Å². The summed E-state index contributed by atoms with van der Waals surface area (Å²) >= 11 is 0. The quantitative estimate of drug-likeness (QED) is 0.668. The van der Waals surface area contributed by atoms with Crippen LogP contribution in [0.2, 0.25) is 0 Å². The first-order valence-corrected chi connectivity index (χ1v) is 12.6. The van der Waals surface area contributed by atoms with Crippen molar-refractivity contribution in [3.63, 3.8) is 0 Å². The Kier molecular flexibility index (Phi) is 6.50. The van der Waals surface area contributed by atoms with E-state index in [-0.39, 0.29) is 5.54 Å². The zero-order valence-corrected chi connectivity index (χ0v) is 18.4. The van der Waals surface area contributed by atoms with E-state index in [1.54, 1.807) is 0 Å². The number of hydrogen-bond acceptors (Lipinski definition) is 5. The molecule has 29 heavy (non-hydrogen) atoms. The van der Waals surface area contributed by atoms with E-state index in [9.17, 15) is 0 Å². The van der Waals surface area contributed by atoms with Gasteiger partial charge in [-0.2, -0.15) is 0 Å². The molecule has 0 radical (unpaired) electrons. The van der Waals surface area contributed by atoms with Crippen LogP contribution in [0.25, 0.3) is 0 Å². The monoisotopic (exact) mass is 406 g/mol. The molecule has 4 saturated heterocycles. The van der Waals surface area contributed by atoms with Crippen molar-refractivity contribution in [1.82, 2.24) is 10.2 Å². The number of rotatable bonds is 0. The van der Waals surface area contributed by atoms with E-state index >= 15 is 0 Å². The van der Waals surface area contributed by atoms with E-state index < -0.39 is 0 Å². The average molecular weight is 407 g/mol. The van der Waals surface area contributed by atoms with Gasteiger partial charge in [-0.1, -0.05) is 12.8 Å². The van der Waals surface area contributed by atoms with Gasteiger partial charge in [0.25, 0.3) is 0 Å². The van der Waals surface area contributed by atoms with Crippen LogP contribution in [0.5, 0.6) is 0 Å². The third-order valence-electron chi connectivity index (χ3n) is 8.70. The maximum absolute atomic E-state index is 6.81. The number of piperidine rings is 1. The normalized spacial score (nSPS) is 47.5. The number of morpholine rings is 1. The lowest BCUT2D eigenvalue weighted by atomic mass is 9.71. The van der Waals surface area contributed by atoms with Crippen LogP contribution in [0, 0.1) is 11.8 Å². The van der Waals surface area contributed by atoms with Crippen molar-refractivity contribution in [2.24, 2.45) is 11.8 Å². The second-order valence-corrected chi connectivity index (χ2v) is 10.6. The van der Waals surface area contributed by atoms with Crippen molar-refractivity contribution >= 4 is 0 Å². The van der Waals surface area contributed by atoms with Gasteiger partial charge in [-0.15, -0.1) is 0 Å². The summed E-state index contributed by atoms with van der Waals surface area (Å²) in [6, 6.07) is 0.392. The largest absolute Gasteiger partial charge is 0.378 e. The smallest absolute Gasteiger partial charge is 0.0677 e. The standard InChI is InChI=1S/C24H42N2O3/c1-18-15-26-13-4-11-24(17-27-14-12-25-24)23(26)16-28-20-9-7-19(8-10-20)21-5-2-3-6-22(21)29-18/h18-23,25H,2-17H2,1H3/t18?,19?,20?,21?,22?,23-,24+/m1/s1. The van der Waals surface area contributed by atoms with E-state index in [1.807, 2.05) is 0 Å². The summed E-state index contributed by atoms with van der Waals surface area (Å²) in [7, 11) is 0. The van der Waals surface area contributed by atoms with Crippen LogP contribution in [0.1, 0.15) is 71.1 Å². The summed E-state index contributed by atoms with van der Waals surface area (Å²) in [5.74, 6) is 1.64. The van der Waals surface area contributed by atoms with Crippen LogP contribution >= 0.6 is 0 Å². The molecule has 4 aliphatic heterocycles. The summed E-state index contributed by atoms with van der Waals surface area (Å²) in [5.41, 5.74) is 0.0565. The van der Waals surface area contributed by atoms with E-state index in [4.69, 9.17) is 14.2 Å². The first-order chi connectivity index (χ1) is 14.2. The Morgan fingerprint density at radius 2 is 1.86 bits per heavy atom. The van der Waals surface area contributed by atoms with Crippen LogP contribution in [0.15, 0.2) is 0 Å². The second kappa shape index (κ2) is 9.12. The molecule has 6 fully saturated rings. The Bertz CT molecular complexity index is 525. The highest BCUT2D eigenvalue weighted by Gasteiger charge is 2.47. The lowest BCUT2D eigenvalue weighted by molar-refractivity contribution is -0.106. The molecule has 2 aliphatic carbocycles. The van der Waals surface area contributed by atoms with Crippen LogP contribution in [-0.2, 0) is 14.2 Å². The number of nitrogens with zero attached hydrogens (tertiary/aromatic N) is 1. The molecule has 6 rings (SSSR count). The van der Waals surface area contributed by atoms with Gasteiger partial charge >= 0.3 is 0 Å². The molecule has 0 aromatic heterocycles. The minimum Gasteiger partial charge on any atom is -0.378 e. The third-order valence-corrected chi connectivity index (χ3v) is 8.70. The van der Waals surface area contributed by atoms with Crippen LogP contribution in [0.4, 0.5) is 0 Å². The molecule has 5 atom stereocenters. The number of nitrogens with one attached hydrogen (secondary N) is 1. The Morgan fingerprint density at radius 1 is 1.00 bits per heavy atom. The lowest BCUT2D eigenvalue weighted by Gasteiger charge is -2.52. The molecule has 1 N–H and O–H groups in total. The maximum Gasteiger partial charge on any atom is 0.0677 e. The van der Waals surface area contributed by atoms with E-state index in [1.165, 1.54) is 64.2 Å². The molecule has 166 valence electrons.